The molecule has 2 aliphatic heterocycles. The molecule has 0 aliphatic carbocycles. The summed E-state index contributed by atoms with van der Waals surface area (Å²) in [7, 11) is -3.90. The third-order valence-corrected chi connectivity index (χ3v) is 9.36. The molecule has 2 aromatic rings. The second-order valence-electron chi connectivity index (χ2n) is 11.8. The molecule has 2 aliphatic rings. The molecule has 4 rings (SSSR count). The Morgan fingerprint density at radius 3 is 2.29 bits per heavy atom. The van der Waals surface area contributed by atoms with Crippen molar-refractivity contribution in [3.05, 3.63) is 60.2 Å². The summed E-state index contributed by atoms with van der Waals surface area (Å²) in [4.78, 5) is 26.4. The van der Waals surface area contributed by atoms with Crippen LogP contribution in [0.5, 0.6) is 5.75 Å². The highest BCUT2D eigenvalue weighted by atomic mass is 32.2. The average Bonchev–Trinajstić information content (AvgIpc) is 2.96. The monoisotopic (exact) mass is 601 g/mol. The lowest BCUT2D eigenvalue weighted by atomic mass is 9.98. The summed E-state index contributed by atoms with van der Waals surface area (Å²) >= 11 is 0. The molecule has 0 radical (unpaired) electrons. The van der Waals surface area contributed by atoms with Crippen LogP contribution in [0, 0.1) is 11.8 Å². The van der Waals surface area contributed by atoms with E-state index in [4.69, 9.17) is 4.74 Å². The highest BCUT2D eigenvalue weighted by molar-refractivity contribution is 7.89. The predicted molar refractivity (Wildman–Crippen MR) is 163 cm³/mol. The van der Waals surface area contributed by atoms with Crippen molar-refractivity contribution < 1.29 is 27.9 Å². The number of benzene rings is 2. The second kappa shape index (κ2) is 16.0. The summed E-state index contributed by atoms with van der Waals surface area (Å²) in [5.41, 5.74) is 0.848. The molecule has 0 unspecified atom stereocenters. The number of aliphatic hydroxyl groups excluding tert-OH is 1. The Bertz CT molecular complexity index is 1230. The zero-order chi connectivity index (χ0) is 30.7. The minimum atomic E-state index is -3.90. The fourth-order valence-electron chi connectivity index (χ4n) is 4.86. The van der Waals surface area contributed by atoms with Crippen LogP contribution in [-0.2, 0) is 26.0 Å². The number of carbonyl (C=O) groups is 2. The fraction of sp³-hybridized carbons (Fsp3) is 0.562. The summed E-state index contributed by atoms with van der Waals surface area (Å²) < 4.78 is 34.4. The normalized spacial score (nSPS) is 20.2. The topological polar surface area (TPSA) is 125 Å². The SMILES string of the molecule is CC(C)CCN(C[C@@H](O)[C@@H]1Cc2ccc(cc2)OCCCCCC(=O)N[C@@H](C(C)C)C(=O)N1)S(=O)(=O)c1ccccc1. The summed E-state index contributed by atoms with van der Waals surface area (Å²) in [5, 5.41) is 17.4. The zero-order valence-corrected chi connectivity index (χ0v) is 26.1. The number of ether oxygens (including phenoxy) is 1. The zero-order valence-electron chi connectivity index (χ0n) is 25.3. The van der Waals surface area contributed by atoms with Gasteiger partial charge in [-0.05, 0) is 73.8 Å². The van der Waals surface area contributed by atoms with Crippen LogP contribution in [0.15, 0.2) is 59.5 Å². The van der Waals surface area contributed by atoms with Gasteiger partial charge in [0.2, 0.25) is 21.8 Å². The van der Waals surface area contributed by atoms with Gasteiger partial charge in [0.05, 0.1) is 23.6 Å². The first-order chi connectivity index (χ1) is 20.0. The van der Waals surface area contributed by atoms with E-state index in [1.165, 1.54) is 4.31 Å². The van der Waals surface area contributed by atoms with E-state index >= 15 is 0 Å². The summed E-state index contributed by atoms with van der Waals surface area (Å²) in [5.74, 6) is 0.162. The fourth-order valence-corrected chi connectivity index (χ4v) is 6.35. The molecular formula is C32H47N3O6S. The Labute approximate surface area is 251 Å². The summed E-state index contributed by atoms with van der Waals surface area (Å²) in [6, 6.07) is 14.1. The van der Waals surface area contributed by atoms with Crippen molar-refractivity contribution in [1.82, 2.24) is 14.9 Å². The van der Waals surface area contributed by atoms with Gasteiger partial charge in [0.25, 0.3) is 0 Å². The van der Waals surface area contributed by atoms with Gasteiger partial charge >= 0.3 is 0 Å². The Morgan fingerprint density at radius 2 is 1.64 bits per heavy atom. The molecule has 2 bridgehead atoms. The molecule has 10 heteroatoms. The summed E-state index contributed by atoms with van der Waals surface area (Å²) in [6.45, 7) is 8.31. The third kappa shape index (κ3) is 10.1. The number of sulfonamides is 1. The van der Waals surface area contributed by atoms with Gasteiger partial charge in [0.1, 0.15) is 11.8 Å². The molecule has 3 atom stereocenters. The van der Waals surface area contributed by atoms with Crippen LogP contribution in [0.1, 0.15) is 65.4 Å². The van der Waals surface area contributed by atoms with Gasteiger partial charge in [-0.3, -0.25) is 9.59 Å². The molecule has 42 heavy (non-hydrogen) atoms. The van der Waals surface area contributed by atoms with Gasteiger partial charge < -0.3 is 20.5 Å². The van der Waals surface area contributed by atoms with Crippen LogP contribution in [0.3, 0.4) is 0 Å². The van der Waals surface area contributed by atoms with Gasteiger partial charge in [0.15, 0.2) is 0 Å². The molecule has 3 N–H and O–H groups in total. The van der Waals surface area contributed by atoms with E-state index in [0.717, 1.165) is 24.2 Å². The van der Waals surface area contributed by atoms with E-state index in [1.54, 1.807) is 30.3 Å². The maximum atomic E-state index is 13.6. The molecule has 0 saturated carbocycles. The van der Waals surface area contributed by atoms with E-state index in [-0.39, 0.29) is 42.1 Å². The predicted octanol–water partition coefficient (Wildman–Crippen LogP) is 3.91. The number of aliphatic hydroxyl groups is 1. The van der Waals surface area contributed by atoms with Crippen molar-refractivity contribution in [3.8, 4) is 5.75 Å². The number of hydrogen-bond acceptors (Lipinski definition) is 6. The highest BCUT2D eigenvalue weighted by Crippen LogP contribution is 2.20. The maximum absolute atomic E-state index is 13.6. The van der Waals surface area contributed by atoms with Crippen molar-refractivity contribution in [2.45, 2.75) is 89.3 Å². The molecule has 0 aromatic heterocycles. The van der Waals surface area contributed by atoms with Crippen molar-refractivity contribution >= 4 is 21.8 Å². The summed E-state index contributed by atoms with van der Waals surface area (Å²) in [6.07, 6.45) is 2.28. The molecule has 232 valence electrons. The minimum absolute atomic E-state index is 0.150. The number of fused-ring (bicyclic) bond motifs is 14. The number of nitrogens with zero attached hydrogens (tertiary/aromatic N) is 1. The van der Waals surface area contributed by atoms with Gasteiger partial charge in [-0.25, -0.2) is 8.42 Å². The molecule has 2 amide bonds. The Kier molecular flexibility index (Phi) is 12.8. The Hall–Kier alpha value is -2.95. The van der Waals surface area contributed by atoms with Crippen LogP contribution >= 0.6 is 0 Å². The number of nitrogens with one attached hydrogen (secondary N) is 2. The van der Waals surface area contributed by atoms with Crippen molar-refractivity contribution in [2.75, 3.05) is 19.7 Å². The van der Waals surface area contributed by atoms with Crippen molar-refractivity contribution in [1.29, 1.82) is 0 Å². The first-order valence-corrected chi connectivity index (χ1v) is 16.5. The third-order valence-electron chi connectivity index (χ3n) is 7.48. The lowest BCUT2D eigenvalue weighted by molar-refractivity contribution is -0.131. The van der Waals surface area contributed by atoms with E-state index in [9.17, 15) is 23.1 Å². The quantitative estimate of drug-likeness (QED) is 0.400. The van der Waals surface area contributed by atoms with Gasteiger partial charge in [-0.1, -0.05) is 58.0 Å². The van der Waals surface area contributed by atoms with Crippen LogP contribution in [0.2, 0.25) is 0 Å². The molecular weight excluding hydrogens is 554 g/mol. The van der Waals surface area contributed by atoms with Gasteiger partial charge in [0, 0.05) is 19.5 Å². The minimum Gasteiger partial charge on any atom is -0.494 e. The maximum Gasteiger partial charge on any atom is 0.243 e. The molecule has 2 aromatic carbocycles. The molecule has 2 heterocycles. The molecule has 9 nitrogen and oxygen atoms in total. The van der Waals surface area contributed by atoms with Crippen LogP contribution in [-0.4, -0.2) is 67.5 Å². The smallest absolute Gasteiger partial charge is 0.243 e. The highest BCUT2D eigenvalue weighted by Gasteiger charge is 2.33. The Balaban J connectivity index is 1.92. The van der Waals surface area contributed by atoms with Gasteiger partial charge in [-0.2, -0.15) is 4.31 Å². The lowest BCUT2D eigenvalue weighted by Gasteiger charge is -2.32. The number of hydrogen-bond donors (Lipinski definition) is 3. The first kappa shape index (κ1) is 33.6. The van der Waals surface area contributed by atoms with E-state index in [1.807, 2.05) is 52.0 Å². The van der Waals surface area contributed by atoms with Crippen LogP contribution in [0.25, 0.3) is 0 Å². The van der Waals surface area contributed by atoms with Crippen molar-refractivity contribution in [2.24, 2.45) is 11.8 Å². The Morgan fingerprint density at radius 1 is 0.952 bits per heavy atom. The first-order valence-electron chi connectivity index (χ1n) is 15.0. The number of amides is 2. The number of carbonyl (C=O) groups excluding carboxylic acids is 2. The molecule has 0 saturated heterocycles. The van der Waals surface area contributed by atoms with E-state index in [0.29, 0.717) is 25.9 Å². The number of rotatable bonds is 9. The largest absolute Gasteiger partial charge is 0.494 e. The van der Waals surface area contributed by atoms with Crippen LogP contribution < -0.4 is 15.4 Å². The molecule has 0 fully saturated rings. The van der Waals surface area contributed by atoms with Crippen LogP contribution in [0.4, 0.5) is 0 Å². The second-order valence-corrected chi connectivity index (χ2v) is 13.8. The average molecular weight is 602 g/mol. The van der Waals surface area contributed by atoms with Gasteiger partial charge in [-0.15, -0.1) is 0 Å². The van der Waals surface area contributed by atoms with Crippen molar-refractivity contribution in [3.63, 3.8) is 0 Å². The standard InChI is InChI=1S/C32H47N3O6S/c1-23(2)18-19-35(42(39,40)27-11-7-5-8-12-27)22-29(36)28-21-25-14-16-26(17-15-25)41-20-10-6-9-13-30(37)34-31(24(3)4)32(38)33-28/h5,7-8,11-12,14-17,23-24,28-29,31,36H,6,9-10,13,18-22H2,1-4H3,(H,33,38)(H,34,37)/t28-,29+,31-/m0/s1. The lowest BCUT2D eigenvalue weighted by Crippen LogP contribution is -2.56. The van der Waals surface area contributed by atoms with E-state index < -0.39 is 34.1 Å². The molecule has 0 spiro atoms. The van der Waals surface area contributed by atoms with E-state index in [2.05, 4.69) is 10.6 Å².